The highest BCUT2D eigenvalue weighted by Crippen LogP contribution is 2.25. The summed E-state index contributed by atoms with van der Waals surface area (Å²) in [5.74, 6) is -0.0847. The third-order valence-corrected chi connectivity index (χ3v) is 2.47. The Balaban J connectivity index is 2.70. The molecule has 0 bridgehead atoms. The number of carbonyl (C=O) groups excluding carboxylic acids is 1. The fraction of sp³-hybridized carbons (Fsp3) is 0.100. The molecule has 0 amide bonds. The summed E-state index contributed by atoms with van der Waals surface area (Å²) in [6.45, 7) is 0.0134. The normalized spacial score (nSPS) is 10.7. The van der Waals surface area contributed by atoms with Crippen molar-refractivity contribution >= 4 is 28.3 Å². The Morgan fingerprint density at radius 2 is 2.29 bits per heavy atom. The van der Waals surface area contributed by atoms with Crippen LogP contribution in [0.4, 0.5) is 0 Å². The fourth-order valence-electron chi connectivity index (χ4n) is 1.46. The molecular formula is C10H9ClN2O. The van der Waals surface area contributed by atoms with E-state index in [0.29, 0.717) is 10.6 Å². The van der Waals surface area contributed by atoms with E-state index < -0.39 is 0 Å². The maximum absolute atomic E-state index is 11.4. The van der Waals surface area contributed by atoms with Crippen molar-refractivity contribution in [3.63, 3.8) is 0 Å². The number of nitrogens with two attached hydrogens (primary N) is 1. The molecule has 0 fully saturated rings. The van der Waals surface area contributed by atoms with Crippen molar-refractivity contribution < 1.29 is 4.79 Å². The minimum absolute atomic E-state index is 0.0134. The Labute approximate surface area is 85.9 Å². The summed E-state index contributed by atoms with van der Waals surface area (Å²) in [5, 5.41) is 1.44. The van der Waals surface area contributed by atoms with Gasteiger partial charge in [-0.1, -0.05) is 23.7 Å². The van der Waals surface area contributed by atoms with Crippen molar-refractivity contribution in [2.24, 2.45) is 5.73 Å². The van der Waals surface area contributed by atoms with Crippen LogP contribution in [0.2, 0.25) is 5.02 Å². The van der Waals surface area contributed by atoms with Crippen molar-refractivity contribution in [1.82, 2.24) is 4.98 Å². The minimum atomic E-state index is -0.0847. The molecule has 0 saturated heterocycles. The van der Waals surface area contributed by atoms with Crippen LogP contribution in [0.25, 0.3) is 10.9 Å². The third-order valence-electron chi connectivity index (χ3n) is 2.15. The van der Waals surface area contributed by atoms with Gasteiger partial charge in [0.05, 0.1) is 17.1 Å². The molecule has 1 heterocycles. The highest BCUT2D eigenvalue weighted by molar-refractivity contribution is 6.35. The first kappa shape index (κ1) is 9.24. The number of aromatic amines is 1. The molecule has 3 nitrogen and oxygen atoms in total. The lowest BCUT2D eigenvalue weighted by Crippen LogP contribution is -2.12. The first-order chi connectivity index (χ1) is 6.74. The molecule has 1 aromatic carbocycles. The van der Waals surface area contributed by atoms with Crippen LogP contribution < -0.4 is 5.73 Å². The molecule has 0 aliphatic rings. The number of hydrogen-bond acceptors (Lipinski definition) is 2. The molecule has 72 valence electrons. The maximum Gasteiger partial charge on any atom is 0.178 e. The second-order valence-electron chi connectivity index (χ2n) is 2.99. The standard InChI is InChI=1S/C10H9ClN2O/c11-8-3-1-2-6-7(9(14)4-12)5-13-10(6)8/h1-3,5,13H,4,12H2. The van der Waals surface area contributed by atoms with Crippen LogP contribution in [0.3, 0.4) is 0 Å². The van der Waals surface area contributed by atoms with Gasteiger partial charge < -0.3 is 10.7 Å². The number of fused-ring (bicyclic) bond motifs is 1. The van der Waals surface area contributed by atoms with Gasteiger partial charge in [-0.2, -0.15) is 0 Å². The van der Waals surface area contributed by atoms with E-state index >= 15 is 0 Å². The van der Waals surface area contributed by atoms with Gasteiger partial charge in [-0.3, -0.25) is 4.79 Å². The number of hydrogen-bond donors (Lipinski definition) is 2. The number of Topliss-reactive ketones (excluding diaryl/α,β-unsaturated/α-hetero) is 1. The number of carbonyl (C=O) groups is 1. The summed E-state index contributed by atoms with van der Waals surface area (Å²) in [6, 6.07) is 5.43. The summed E-state index contributed by atoms with van der Waals surface area (Å²) in [4.78, 5) is 14.4. The zero-order valence-corrected chi connectivity index (χ0v) is 8.14. The summed E-state index contributed by atoms with van der Waals surface area (Å²) in [5.41, 5.74) is 6.68. The van der Waals surface area contributed by atoms with Gasteiger partial charge in [-0.05, 0) is 6.07 Å². The zero-order chi connectivity index (χ0) is 10.1. The van der Waals surface area contributed by atoms with Crippen LogP contribution in [0.15, 0.2) is 24.4 Å². The van der Waals surface area contributed by atoms with Gasteiger partial charge in [0.2, 0.25) is 0 Å². The Morgan fingerprint density at radius 1 is 1.50 bits per heavy atom. The molecule has 0 saturated carbocycles. The van der Waals surface area contributed by atoms with Crippen LogP contribution in [-0.4, -0.2) is 17.3 Å². The molecule has 0 aliphatic carbocycles. The Bertz CT molecular complexity index is 490. The Kier molecular flexibility index (Phi) is 2.27. The number of benzene rings is 1. The number of ketones is 1. The quantitative estimate of drug-likeness (QED) is 0.742. The van der Waals surface area contributed by atoms with E-state index in [1.54, 1.807) is 12.3 Å². The molecule has 2 aromatic rings. The molecule has 0 atom stereocenters. The number of rotatable bonds is 2. The van der Waals surface area contributed by atoms with E-state index in [2.05, 4.69) is 4.98 Å². The Hall–Kier alpha value is -1.32. The van der Waals surface area contributed by atoms with Crippen LogP contribution in [-0.2, 0) is 0 Å². The van der Waals surface area contributed by atoms with Gasteiger partial charge in [-0.25, -0.2) is 0 Å². The van der Waals surface area contributed by atoms with Gasteiger partial charge in [0.15, 0.2) is 5.78 Å². The van der Waals surface area contributed by atoms with E-state index in [-0.39, 0.29) is 12.3 Å². The van der Waals surface area contributed by atoms with E-state index in [0.717, 1.165) is 10.9 Å². The molecule has 0 aliphatic heterocycles. The highest BCUT2D eigenvalue weighted by Gasteiger charge is 2.11. The molecule has 0 radical (unpaired) electrons. The molecule has 14 heavy (non-hydrogen) atoms. The first-order valence-corrected chi connectivity index (χ1v) is 4.60. The van der Waals surface area contributed by atoms with Crippen LogP contribution in [0.5, 0.6) is 0 Å². The lowest BCUT2D eigenvalue weighted by molar-refractivity contribution is 0.100. The zero-order valence-electron chi connectivity index (χ0n) is 7.38. The summed E-state index contributed by atoms with van der Waals surface area (Å²) in [7, 11) is 0. The second kappa shape index (κ2) is 3.44. The average molecular weight is 209 g/mol. The van der Waals surface area contributed by atoms with Crippen molar-refractivity contribution in [2.45, 2.75) is 0 Å². The molecule has 4 heteroatoms. The van der Waals surface area contributed by atoms with Crippen molar-refractivity contribution in [3.8, 4) is 0 Å². The van der Waals surface area contributed by atoms with Gasteiger partial charge in [0, 0.05) is 17.1 Å². The molecule has 0 unspecified atom stereocenters. The van der Waals surface area contributed by atoms with E-state index in [9.17, 15) is 4.79 Å². The summed E-state index contributed by atoms with van der Waals surface area (Å²) in [6.07, 6.45) is 1.64. The summed E-state index contributed by atoms with van der Waals surface area (Å²) >= 11 is 5.94. The van der Waals surface area contributed by atoms with E-state index in [1.165, 1.54) is 0 Å². The monoisotopic (exact) mass is 208 g/mol. The molecular weight excluding hydrogens is 200 g/mol. The fourth-order valence-corrected chi connectivity index (χ4v) is 1.69. The van der Waals surface area contributed by atoms with Crippen LogP contribution in [0, 0.1) is 0 Å². The molecule has 2 rings (SSSR count). The van der Waals surface area contributed by atoms with E-state index in [1.807, 2.05) is 12.1 Å². The smallest absolute Gasteiger partial charge is 0.178 e. The second-order valence-corrected chi connectivity index (χ2v) is 3.40. The number of nitrogens with one attached hydrogen (secondary N) is 1. The highest BCUT2D eigenvalue weighted by atomic mass is 35.5. The topological polar surface area (TPSA) is 58.9 Å². The molecule has 1 aromatic heterocycles. The Morgan fingerprint density at radius 3 is 3.00 bits per heavy atom. The molecule has 3 N–H and O–H groups in total. The third kappa shape index (κ3) is 1.31. The number of H-pyrrole nitrogens is 1. The summed E-state index contributed by atoms with van der Waals surface area (Å²) < 4.78 is 0. The van der Waals surface area contributed by atoms with Crippen molar-refractivity contribution in [1.29, 1.82) is 0 Å². The van der Waals surface area contributed by atoms with Crippen LogP contribution in [0.1, 0.15) is 10.4 Å². The van der Waals surface area contributed by atoms with Crippen LogP contribution >= 0.6 is 11.6 Å². The lowest BCUT2D eigenvalue weighted by atomic mass is 10.1. The SMILES string of the molecule is NCC(=O)c1c[nH]c2c(Cl)cccc12. The number of halogens is 1. The predicted molar refractivity (Wildman–Crippen MR) is 56.7 cm³/mol. The van der Waals surface area contributed by atoms with Crippen molar-refractivity contribution in [2.75, 3.05) is 6.54 Å². The van der Waals surface area contributed by atoms with Crippen molar-refractivity contribution in [3.05, 3.63) is 35.0 Å². The molecule has 0 spiro atoms. The van der Waals surface area contributed by atoms with Gasteiger partial charge in [0.25, 0.3) is 0 Å². The van der Waals surface area contributed by atoms with E-state index in [4.69, 9.17) is 17.3 Å². The van der Waals surface area contributed by atoms with Gasteiger partial charge in [0.1, 0.15) is 0 Å². The van der Waals surface area contributed by atoms with Gasteiger partial charge >= 0.3 is 0 Å². The minimum Gasteiger partial charge on any atom is -0.359 e. The largest absolute Gasteiger partial charge is 0.359 e. The number of aromatic nitrogens is 1. The predicted octanol–water partition coefficient (Wildman–Crippen LogP) is 1.96. The van der Waals surface area contributed by atoms with Gasteiger partial charge in [-0.15, -0.1) is 0 Å². The lowest BCUT2D eigenvalue weighted by Gasteiger charge is -1.95. The first-order valence-electron chi connectivity index (χ1n) is 4.23. The number of para-hydroxylation sites is 1. The average Bonchev–Trinajstić information content (AvgIpc) is 2.62. The maximum atomic E-state index is 11.4.